The van der Waals surface area contributed by atoms with Gasteiger partial charge in [0, 0.05) is 32.8 Å². The first kappa shape index (κ1) is 21.1. The Morgan fingerprint density at radius 3 is 2.50 bits per heavy atom. The van der Waals surface area contributed by atoms with E-state index in [0.717, 1.165) is 32.5 Å². The van der Waals surface area contributed by atoms with Gasteiger partial charge in [0.25, 0.3) is 0 Å². The lowest BCUT2D eigenvalue weighted by molar-refractivity contribution is 0.0526. The van der Waals surface area contributed by atoms with Crippen molar-refractivity contribution in [3.8, 4) is 0 Å². The molecule has 0 saturated heterocycles. The molecule has 0 fully saturated rings. The van der Waals surface area contributed by atoms with Gasteiger partial charge in [-0.15, -0.1) is 0 Å². The zero-order chi connectivity index (χ0) is 17.0. The lowest BCUT2D eigenvalue weighted by Crippen LogP contribution is -2.39. The highest BCUT2D eigenvalue weighted by Crippen LogP contribution is 2.06. The summed E-state index contributed by atoms with van der Waals surface area (Å²) < 4.78 is 10.4. The molecule has 0 aromatic carbocycles. The Morgan fingerprint density at radius 2 is 1.95 bits per heavy atom. The molecule has 0 radical (unpaired) electrons. The zero-order valence-corrected chi connectivity index (χ0v) is 15.2. The number of alkyl carbamates (subject to hydrolysis) is 1. The monoisotopic (exact) mass is 317 g/mol. The summed E-state index contributed by atoms with van der Waals surface area (Å²) in [5, 5.41) is 6.28. The molecule has 1 amide bonds. The minimum Gasteiger partial charge on any atom is -0.444 e. The number of carbonyl (C=O) groups excluding carboxylic acids is 1. The van der Waals surface area contributed by atoms with Crippen LogP contribution in [0.25, 0.3) is 0 Å². The molecule has 2 N–H and O–H groups in total. The maximum Gasteiger partial charge on any atom is 0.407 e. The number of amides is 1. The van der Waals surface area contributed by atoms with Gasteiger partial charge in [0.2, 0.25) is 0 Å². The molecule has 0 bridgehead atoms. The van der Waals surface area contributed by atoms with Gasteiger partial charge in [0.15, 0.2) is 0 Å². The van der Waals surface area contributed by atoms with E-state index in [1.807, 2.05) is 20.8 Å². The first-order chi connectivity index (χ1) is 10.3. The summed E-state index contributed by atoms with van der Waals surface area (Å²) in [6.07, 6.45) is 1.50. The number of hydrogen-bond acceptors (Lipinski definition) is 5. The molecule has 1 atom stereocenters. The fraction of sp³-hybridized carbons (Fsp3) is 0.938. The molecule has 0 aromatic rings. The van der Waals surface area contributed by atoms with Crippen molar-refractivity contribution >= 4 is 6.09 Å². The predicted molar refractivity (Wildman–Crippen MR) is 90.3 cm³/mol. The molecule has 0 aliphatic rings. The third-order valence-corrected chi connectivity index (χ3v) is 3.23. The topological polar surface area (TPSA) is 62.8 Å². The van der Waals surface area contributed by atoms with Gasteiger partial charge >= 0.3 is 6.09 Å². The zero-order valence-electron chi connectivity index (χ0n) is 15.2. The molecule has 132 valence electrons. The van der Waals surface area contributed by atoms with E-state index in [1.165, 1.54) is 0 Å². The summed E-state index contributed by atoms with van der Waals surface area (Å²) in [6, 6.07) is 0.315. The summed E-state index contributed by atoms with van der Waals surface area (Å²) in [6.45, 7) is 12.0. The summed E-state index contributed by atoms with van der Waals surface area (Å²) in [7, 11) is 3.82. The van der Waals surface area contributed by atoms with Gasteiger partial charge in [-0.3, -0.25) is 0 Å². The number of likely N-dealkylation sites (N-methyl/N-ethyl adjacent to an activating group) is 1. The Bertz CT molecular complexity index is 293. The van der Waals surface area contributed by atoms with Crippen LogP contribution in [0.15, 0.2) is 0 Å². The van der Waals surface area contributed by atoms with Crippen molar-refractivity contribution in [3.63, 3.8) is 0 Å². The van der Waals surface area contributed by atoms with Gasteiger partial charge in [-0.2, -0.15) is 0 Å². The van der Waals surface area contributed by atoms with E-state index in [9.17, 15) is 4.79 Å². The molecule has 1 unspecified atom stereocenters. The van der Waals surface area contributed by atoms with Crippen LogP contribution in [0, 0.1) is 0 Å². The second kappa shape index (κ2) is 11.7. The highest BCUT2D eigenvalue weighted by molar-refractivity contribution is 5.67. The number of nitrogens with zero attached hydrogens (tertiary/aromatic N) is 1. The van der Waals surface area contributed by atoms with Crippen LogP contribution in [0.2, 0.25) is 0 Å². The third kappa shape index (κ3) is 12.9. The first-order valence-electron chi connectivity index (χ1n) is 8.16. The van der Waals surface area contributed by atoms with E-state index in [2.05, 4.69) is 29.5 Å². The van der Waals surface area contributed by atoms with Gasteiger partial charge in [-0.1, -0.05) is 6.92 Å². The molecular weight excluding hydrogens is 282 g/mol. The maximum absolute atomic E-state index is 11.5. The van der Waals surface area contributed by atoms with Crippen LogP contribution < -0.4 is 10.6 Å². The average Bonchev–Trinajstić information content (AvgIpc) is 2.41. The van der Waals surface area contributed by atoms with E-state index < -0.39 is 5.60 Å². The van der Waals surface area contributed by atoms with Crippen LogP contribution in [0.3, 0.4) is 0 Å². The maximum atomic E-state index is 11.5. The van der Waals surface area contributed by atoms with Crippen molar-refractivity contribution in [2.24, 2.45) is 0 Å². The van der Waals surface area contributed by atoms with Crippen LogP contribution in [-0.4, -0.2) is 69.6 Å². The number of carbonyl (C=O) groups is 1. The predicted octanol–water partition coefficient (Wildman–Crippen LogP) is 1.85. The van der Waals surface area contributed by atoms with Gasteiger partial charge in [0.05, 0.1) is 6.61 Å². The highest BCUT2D eigenvalue weighted by atomic mass is 16.6. The molecule has 0 aromatic heterocycles. The fourth-order valence-corrected chi connectivity index (χ4v) is 1.92. The second-order valence-electron chi connectivity index (χ2n) is 6.57. The average molecular weight is 317 g/mol. The molecule has 0 aliphatic heterocycles. The molecule has 0 saturated carbocycles. The number of hydrogen-bond donors (Lipinski definition) is 2. The van der Waals surface area contributed by atoms with Crippen LogP contribution in [0.4, 0.5) is 4.79 Å². The number of rotatable bonds is 11. The van der Waals surface area contributed by atoms with Gasteiger partial charge in [-0.05, 0) is 47.2 Å². The standard InChI is InChI=1S/C16H35N3O3/c1-7-19(5)12-11-17-14(13-21-6)9-8-10-18-15(20)22-16(2,3)4/h14,17H,7-13H2,1-6H3,(H,18,20). The van der Waals surface area contributed by atoms with Gasteiger partial charge in [0.1, 0.15) is 5.60 Å². The van der Waals surface area contributed by atoms with Crippen molar-refractivity contribution in [2.75, 3.05) is 46.9 Å². The smallest absolute Gasteiger partial charge is 0.407 e. The number of nitrogens with one attached hydrogen (secondary N) is 2. The summed E-state index contributed by atoms with van der Waals surface area (Å²) >= 11 is 0. The fourth-order valence-electron chi connectivity index (χ4n) is 1.92. The van der Waals surface area contributed by atoms with Gasteiger partial charge in [-0.25, -0.2) is 4.79 Å². The van der Waals surface area contributed by atoms with E-state index in [4.69, 9.17) is 9.47 Å². The van der Waals surface area contributed by atoms with Crippen LogP contribution in [0.5, 0.6) is 0 Å². The Hall–Kier alpha value is -0.850. The normalized spacial score (nSPS) is 13.2. The third-order valence-electron chi connectivity index (χ3n) is 3.23. The molecule has 0 spiro atoms. The van der Waals surface area contributed by atoms with Crippen molar-refractivity contribution in [1.29, 1.82) is 0 Å². The molecule has 6 heteroatoms. The van der Waals surface area contributed by atoms with E-state index in [0.29, 0.717) is 19.2 Å². The van der Waals surface area contributed by atoms with E-state index in [-0.39, 0.29) is 6.09 Å². The largest absolute Gasteiger partial charge is 0.444 e. The molecule has 0 heterocycles. The summed E-state index contributed by atoms with van der Waals surface area (Å²) in [5.74, 6) is 0. The van der Waals surface area contributed by atoms with Crippen LogP contribution >= 0.6 is 0 Å². The Kier molecular flexibility index (Phi) is 11.2. The molecule has 0 aliphatic carbocycles. The van der Waals surface area contributed by atoms with E-state index in [1.54, 1.807) is 7.11 Å². The quantitative estimate of drug-likeness (QED) is 0.569. The van der Waals surface area contributed by atoms with Crippen molar-refractivity contribution in [2.45, 2.75) is 52.2 Å². The van der Waals surface area contributed by atoms with E-state index >= 15 is 0 Å². The summed E-state index contributed by atoms with van der Waals surface area (Å²) in [4.78, 5) is 13.8. The Labute approximate surface area is 135 Å². The lowest BCUT2D eigenvalue weighted by atomic mass is 10.1. The second-order valence-corrected chi connectivity index (χ2v) is 6.57. The van der Waals surface area contributed by atoms with Gasteiger partial charge < -0.3 is 25.0 Å². The molecule has 22 heavy (non-hydrogen) atoms. The minimum atomic E-state index is -0.449. The van der Waals surface area contributed by atoms with Crippen LogP contribution in [0.1, 0.15) is 40.5 Å². The molecular formula is C16H35N3O3. The van der Waals surface area contributed by atoms with Crippen molar-refractivity contribution in [1.82, 2.24) is 15.5 Å². The minimum absolute atomic E-state index is 0.315. The number of methoxy groups -OCH3 is 1. The first-order valence-corrected chi connectivity index (χ1v) is 8.16. The molecule has 0 rings (SSSR count). The Morgan fingerprint density at radius 1 is 1.27 bits per heavy atom. The van der Waals surface area contributed by atoms with Crippen molar-refractivity contribution in [3.05, 3.63) is 0 Å². The number of ether oxygens (including phenoxy) is 2. The van der Waals surface area contributed by atoms with Crippen LogP contribution in [-0.2, 0) is 9.47 Å². The Balaban J connectivity index is 3.83. The van der Waals surface area contributed by atoms with Crippen molar-refractivity contribution < 1.29 is 14.3 Å². The highest BCUT2D eigenvalue weighted by Gasteiger charge is 2.15. The summed E-state index contributed by atoms with van der Waals surface area (Å²) in [5.41, 5.74) is -0.449. The lowest BCUT2D eigenvalue weighted by Gasteiger charge is -2.21. The molecule has 6 nitrogen and oxygen atoms in total. The SMILES string of the molecule is CCN(C)CCNC(CCCNC(=O)OC(C)(C)C)COC.